The molecule has 1 amide bonds. The number of ether oxygens (including phenoxy) is 2. The highest BCUT2D eigenvalue weighted by Crippen LogP contribution is 2.25. The van der Waals surface area contributed by atoms with Crippen LogP contribution in [0.2, 0.25) is 0 Å². The number of amides is 1. The monoisotopic (exact) mass is 249 g/mol. The van der Waals surface area contributed by atoms with E-state index in [0.717, 1.165) is 17.7 Å². The minimum absolute atomic E-state index is 0.111. The predicted molar refractivity (Wildman–Crippen MR) is 64.6 cm³/mol. The van der Waals surface area contributed by atoms with Crippen molar-refractivity contribution in [1.82, 2.24) is 5.32 Å². The zero-order chi connectivity index (χ0) is 13.0. The maximum atomic E-state index is 11.8. The number of carbonyl (C=O) groups excluding carboxylic acids is 2. The van der Waals surface area contributed by atoms with Crippen molar-refractivity contribution in [2.45, 2.75) is 13.3 Å². The lowest BCUT2D eigenvalue weighted by atomic mass is 10.1. The summed E-state index contributed by atoms with van der Waals surface area (Å²) in [6.45, 7) is 2.58. The minimum Gasteiger partial charge on any atom is -0.493 e. The minimum atomic E-state index is -0.435. The molecule has 1 aliphatic heterocycles. The summed E-state index contributed by atoms with van der Waals surface area (Å²) < 4.78 is 10.1. The number of esters is 1. The van der Waals surface area contributed by atoms with Gasteiger partial charge in [0.2, 0.25) is 0 Å². The Labute approximate surface area is 105 Å². The van der Waals surface area contributed by atoms with Gasteiger partial charge in [0.05, 0.1) is 13.2 Å². The lowest BCUT2D eigenvalue weighted by Gasteiger charge is -2.06. The molecule has 0 radical (unpaired) electrons. The Balaban J connectivity index is 1.95. The third kappa shape index (κ3) is 2.80. The fraction of sp³-hybridized carbons (Fsp3) is 0.385. The second-order valence-corrected chi connectivity index (χ2v) is 3.91. The van der Waals surface area contributed by atoms with Crippen molar-refractivity contribution < 1.29 is 19.1 Å². The molecule has 0 aliphatic carbocycles. The zero-order valence-electron chi connectivity index (χ0n) is 10.2. The zero-order valence-corrected chi connectivity index (χ0v) is 10.2. The highest BCUT2D eigenvalue weighted by Gasteiger charge is 2.15. The Kier molecular flexibility index (Phi) is 3.82. The summed E-state index contributed by atoms with van der Waals surface area (Å²) in [7, 11) is 0. The summed E-state index contributed by atoms with van der Waals surface area (Å²) in [5.74, 6) is 0.116. The van der Waals surface area contributed by atoms with Crippen molar-refractivity contribution in [1.29, 1.82) is 0 Å². The summed E-state index contributed by atoms with van der Waals surface area (Å²) in [6, 6.07) is 5.26. The average molecular weight is 249 g/mol. The van der Waals surface area contributed by atoms with Crippen LogP contribution < -0.4 is 10.1 Å². The standard InChI is InChI=1S/C13H15NO4/c1-2-17-12(15)8-14-13(16)10-3-4-11-9(7-10)5-6-18-11/h3-4,7H,2,5-6,8H2,1H3,(H,14,16). The SMILES string of the molecule is CCOC(=O)CNC(=O)c1ccc2c(c1)CCO2. The highest BCUT2D eigenvalue weighted by molar-refractivity contribution is 5.96. The van der Waals surface area contributed by atoms with Gasteiger partial charge in [0.25, 0.3) is 5.91 Å². The Morgan fingerprint density at radius 1 is 1.44 bits per heavy atom. The van der Waals surface area contributed by atoms with Crippen LogP contribution in [-0.4, -0.2) is 31.6 Å². The summed E-state index contributed by atoms with van der Waals surface area (Å²) in [4.78, 5) is 22.9. The van der Waals surface area contributed by atoms with Crippen LogP contribution in [0.4, 0.5) is 0 Å². The normalized spacial score (nSPS) is 12.5. The van der Waals surface area contributed by atoms with Crippen LogP contribution in [0.3, 0.4) is 0 Å². The lowest BCUT2D eigenvalue weighted by Crippen LogP contribution is -2.30. The molecule has 0 unspecified atom stereocenters. The molecule has 18 heavy (non-hydrogen) atoms. The molecule has 1 aromatic rings. The average Bonchev–Trinajstić information content (AvgIpc) is 2.83. The van der Waals surface area contributed by atoms with Crippen LogP contribution in [0.15, 0.2) is 18.2 Å². The van der Waals surface area contributed by atoms with Crippen molar-refractivity contribution in [3.05, 3.63) is 29.3 Å². The quantitative estimate of drug-likeness (QED) is 0.806. The first kappa shape index (κ1) is 12.4. The summed E-state index contributed by atoms with van der Waals surface area (Å²) in [5, 5.41) is 2.52. The Morgan fingerprint density at radius 3 is 3.06 bits per heavy atom. The van der Waals surface area contributed by atoms with Gasteiger partial charge in [0.15, 0.2) is 0 Å². The van der Waals surface area contributed by atoms with Crippen molar-refractivity contribution >= 4 is 11.9 Å². The first-order valence-corrected chi connectivity index (χ1v) is 5.90. The molecule has 0 saturated heterocycles. The fourth-order valence-electron chi connectivity index (χ4n) is 1.79. The van der Waals surface area contributed by atoms with Crippen LogP contribution in [-0.2, 0) is 16.0 Å². The molecule has 0 bridgehead atoms. The molecular formula is C13H15NO4. The van der Waals surface area contributed by atoms with Gasteiger partial charge in [-0.3, -0.25) is 9.59 Å². The van der Waals surface area contributed by atoms with E-state index >= 15 is 0 Å². The van der Waals surface area contributed by atoms with Gasteiger partial charge in [-0.1, -0.05) is 0 Å². The molecule has 1 aromatic carbocycles. The third-order valence-electron chi connectivity index (χ3n) is 2.65. The topological polar surface area (TPSA) is 64.6 Å². The van der Waals surface area contributed by atoms with Crippen LogP contribution in [0.5, 0.6) is 5.75 Å². The molecule has 5 heteroatoms. The molecule has 5 nitrogen and oxygen atoms in total. The molecule has 0 fully saturated rings. The predicted octanol–water partition coefficient (Wildman–Crippen LogP) is 0.914. The van der Waals surface area contributed by atoms with E-state index in [1.165, 1.54) is 0 Å². The molecule has 96 valence electrons. The Bertz CT molecular complexity index is 470. The number of rotatable bonds is 4. The van der Waals surface area contributed by atoms with Crippen molar-refractivity contribution in [3.63, 3.8) is 0 Å². The van der Waals surface area contributed by atoms with Gasteiger partial charge in [-0.2, -0.15) is 0 Å². The number of hydrogen-bond acceptors (Lipinski definition) is 4. The van der Waals surface area contributed by atoms with E-state index in [9.17, 15) is 9.59 Å². The van der Waals surface area contributed by atoms with Gasteiger partial charge in [-0.15, -0.1) is 0 Å². The largest absolute Gasteiger partial charge is 0.493 e. The number of carbonyl (C=O) groups is 2. The summed E-state index contributed by atoms with van der Waals surface area (Å²) in [5.41, 5.74) is 1.56. The van der Waals surface area contributed by atoms with Gasteiger partial charge >= 0.3 is 5.97 Å². The van der Waals surface area contributed by atoms with Crippen LogP contribution in [0, 0.1) is 0 Å². The first-order chi connectivity index (χ1) is 8.70. The maximum absolute atomic E-state index is 11.8. The summed E-state index contributed by atoms with van der Waals surface area (Å²) >= 11 is 0. The van der Waals surface area contributed by atoms with Gasteiger partial charge < -0.3 is 14.8 Å². The molecular weight excluding hydrogens is 234 g/mol. The molecule has 1 heterocycles. The molecule has 0 saturated carbocycles. The Hall–Kier alpha value is -2.04. The van der Waals surface area contributed by atoms with Crippen molar-refractivity contribution in [2.75, 3.05) is 19.8 Å². The van der Waals surface area contributed by atoms with Gasteiger partial charge in [0, 0.05) is 12.0 Å². The van der Waals surface area contributed by atoms with Crippen molar-refractivity contribution in [3.8, 4) is 5.75 Å². The Morgan fingerprint density at radius 2 is 2.28 bits per heavy atom. The maximum Gasteiger partial charge on any atom is 0.325 e. The molecule has 1 aliphatic rings. The van der Waals surface area contributed by atoms with E-state index in [1.807, 2.05) is 0 Å². The highest BCUT2D eigenvalue weighted by atomic mass is 16.5. The van der Waals surface area contributed by atoms with E-state index < -0.39 is 5.97 Å². The van der Waals surface area contributed by atoms with E-state index in [0.29, 0.717) is 18.8 Å². The van der Waals surface area contributed by atoms with Gasteiger partial charge in [0.1, 0.15) is 12.3 Å². The third-order valence-corrected chi connectivity index (χ3v) is 2.65. The molecule has 1 N–H and O–H groups in total. The number of hydrogen-bond donors (Lipinski definition) is 1. The lowest BCUT2D eigenvalue weighted by molar-refractivity contribution is -0.141. The molecule has 0 aromatic heterocycles. The van der Waals surface area contributed by atoms with Gasteiger partial charge in [-0.25, -0.2) is 0 Å². The molecule has 0 spiro atoms. The van der Waals surface area contributed by atoms with Crippen LogP contribution in [0.25, 0.3) is 0 Å². The number of fused-ring (bicyclic) bond motifs is 1. The smallest absolute Gasteiger partial charge is 0.325 e. The molecule has 0 atom stereocenters. The molecule has 2 rings (SSSR count). The van der Waals surface area contributed by atoms with E-state index in [2.05, 4.69) is 5.32 Å². The number of nitrogens with one attached hydrogen (secondary N) is 1. The first-order valence-electron chi connectivity index (χ1n) is 5.90. The van der Waals surface area contributed by atoms with E-state index in [4.69, 9.17) is 9.47 Å². The van der Waals surface area contributed by atoms with E-state index in [1.54, 1.807) is 25.1 Å². The number of benzene rings is 1. The van der Waals surface area contributed by atoms with E-state index in [-0.39, 0.29) is 12.5 Å². The second kappa shape index (κ2) is 5.53. The van der Waals surface area contributed by atoms with Gasteiger partial charge in [-0.05, 0) is 30.7 Å². The summed E-state index contributed by atoms with van der Waals surface area (Å²) in [6.07, 6.45) is 0.814. The van der Waals surface area contributed by atoms with Crippen LogP contribution >= 0.6 is 0 Å². The second-order valence-electron chi connectivity index (χ2n) is 3.91. The fourth-order valence-corrected chi connectivity index (χ4v) is 1.79. The van der Waals surface area contributed by atoms with Crippen LogP contribution in [0.1, 0.15) is 22.8 Å². The van der Waals surface area contributed by atoms with Crippen molar-refractivity contribution in [2.24, 2.45) is 0 Å².